The summed E-state index contributed by atoms with van der Waals surface area (Å²) in [6, 6.07) is 12.7. The van der Waals surface area contributed by atoms with Crippen molar-refractivity contribution in [2.24, 2.45) is 0 Å². The summed E-state index contributed by atoms with van der Waals surface area (Å²) in [5, 5.41) is 5.57. The van der Waals surface area contributed by atoms with E-state index in [1.807, 2.05) is 32.0 Å². The monoisotopic (exact) mass is 458 g/mol. The molecule has 4 N–H and O–H groups in total. The van der Waals surface area contributed by atoms with E-state index < -0.39 is 11.8 Å². The Morgan fingerprint density at radius 3 is 2.39 bits per heavy atom. The highest BCUT2D eigenvalue weighted by Gasteiger charge is 2.09. The molecule has 0 unspecified atom stereocenters. The maximum Gasteiger partial charge on any atom is 0.250 e. The zero-order valence-electron chi connectivity index (χ0n) is 17.1. The number of aryl methyl sites for hydroxylation is 2. The molecule has 0 spiro atoms. The van der Waals surface area contributed by atoms with E-state index in [9.17, 15) is 14.4 Å². The van der Waals surface area contributed by atoms with E-state index in [-0.39, 0.29) is 23.9 Å². The summed E-state index contributed by atoms with van der Waals surface area (Å²) >= 11 is 11.0. The molecule has 2 aromatic rings. The molecular formula is C22H23ClN4O3S. The van der Waals surface area contributed by atoms with Crippen molar-refractivity contribution in [3.8, 4) is 0 Å². The molecule has 31 heavy (non-hydrogen) atoms. The number of hydrogen-bond acceptors (Lipinski definition) is 4. The zero-order valence-corrected chi connectivity index (χ0v) is 18.7. The Labute approximate surface area is 191 Å². The lowest BCUT2D eigenvalue weighted by Gasteiger charge is -2.10. The highest BCUT2D eigenvalue weighted by atomic mass is 35.5. The predicted molar refractivity (Wildman–Crippen MR) is 126 cm³/mol. The normalized spacial score (nSPS) is 10.4. The molecule has 0 fully saturated rings. The number of halogens is 1. The minimum absolute atomic E-state index is 0.000130. The van der Waals surface area contributed by atoms with E-state index in [0.717, 1.165) is 11.1 Å². The van der Waals surface area contributed by atoms with Gasteiger partial charge >= 0.3 is 0 Å². The number of hydrogen-bond donors (Lipinski definition) is 4. The van der Waals surface area contributed by atoms with Crippen LogP contribution in [-0.2, 0) is 14.4 Å². The second-order valence-electron chi connectivity index (χ2n) is 6.69. The van der Waals surface area contributed by atoms with Crippen molar-refractivity contribution in [2.45, 2.75) is 26.7 Å². The second-order valence-corrected chi connectivity index (χ2v) is 7.51. The van der Waals surface area contributed by atoms with Crippen LogP contribution in [0.15, 0.2) is 48.5 Å². The van der Waals surface area contributed by atoms with Crippen LogP contribution in [0.25, 0.3) is 6.08 Å². The Bertz CT molecular complexity index is 1020. The first-order chi connectivity index (χ1) is 14.7. The average Bonchev–Trinajstić information content (AvgIpc) is 2.73. The Balaban J connectivity index is 1.68. The Morgan fingerprint density at radius 1 is 0.968 bits per heavy atom. The van der Waals surface area contributed by atoms with Crippen molar-refractivity contribution in [1.29, 1.82) is 0 Å². The number of carbonyl (C=O) groups excluding carboxylic acids is 3. The standard InChI is InChI=1S/C22H23ClN4O3S/c1-14-7-9-17(13-15(14)2)24-19(28)11-12-21(30)26-27-22(31)25-20(29)10-8-16-5-3-4-6-18(16)23/h3-10,13H,11-12H2,1-2H3,(H,24,28)(H,26,30)(H2,25,27,29,31)/b10-8+. The first-order valence-corrected chi connectivity index (χ1v) is 10.2. The minimum atomic E-state index is -0.487. The van der Waals surface area contributed by atoms with E-state index in [2.05, 4.69) is 21.5 Å². The summed E-state index contributed by atoms with van der Waals surface area (Å²) < 4.78 is 0. The van der Waals surface area contributed by atoms with Gasteiger partial charge in [-0.25, -0.2) is 0 Å². The molecule has 0 aliphatic heterocycles. The molecule has 7 nitrogen and oxygen atoms in total. The fourth-order valence-electron chi connectivity index (χ4n) is 2.42. The van der Waals surface area contributed by atoms with Gasteiger partial charge in [0.2, 0.25) is 17.7 Å². The highest BCUT2D eigenvalue weighted by molar-refractivity contribution is 7.80. The van der Waals surface area contributed by atoms with Gasteiger partial charge in [-0.15, -0.1) is 0 Å². The van der Waals surface area contributed by atoms with Crippen molar-refractivity contribution in [2.75, 3.05) is 5.32 Å². The average molecular weight is 459 g/mol. The molecule has 3 amide bonds. The Kier molecular flexibility index (Phi) is 9.17. The molecule has 0 saturated carbocycles. The summed E-state index contributed by atoms with van der Waals surface area (Å²) in [4.78, 5) is 35.8. The topological polar surface area (TPSA) is 99.3 Å². The summed E-state index contributed by atoms with van der Waals surface area (Å²) in [7, 11) is 0. The van der Waals surface area contributed by atoms with Crippen LogP contribution < -0.4 is 21.5 Å². The number of rotatable bonds is 6. The number of hydrazine groups is 1. The maximum absolute atomic E-state index is 12.0. The first kappa shape index (κ1) is 24.0. The highest BCUT2D eigenvalue weighted by Crippen LogP contribution is 2.16. The summed E-state index contributed by atoms with van der Waals surface area (Å²) in [5.41, 5.74) is 8.32. The second kappa shape index (κ2) is 11.8. The van der Waals surface area contributed by atoms with Crippen molar-refractivity contribution in [3.63, 3.8) is 0 Å². The van der Waals surface area contributed by atoms with Gasteiger partial charge < -0.3 is 5.32 Å². The van der Waals surface area contributed by atoms with Gasteiger partial charge in [-0.05, 0) is 67.0 Å². The predicted octanol–water partition coefficient (Wildman–Crippen LogP) is 3.41. The van der Waals surface area contributed by atoms with E-state index in [4.69, 9.17) is 23.8 Å². The number of amides is 3. The van der Waals surface area contributed by atoms with Crippen molar-refractivity contribution in [1.82, 2.24) is 16.2 Å². The number of carbonyl (C=O) groups is 3. The van der Waals surface area contributed by atoms with Crippen LogP contribution in [0.5, 0.6) is 0 Å². The Hall–Kier alpha value is -3.23. The molecular weight excluding hydrogens is 436 g/mol. The van der Waals surface area contributed by atoms with Gasteiger partial charge in [0.1, 0.15) is 0 Å². The van der Waals surface area contributed by atoms with Gasteiger partial charge in [0, 0.05) is 29.6 Å². The minimum Gasteiger partial charge on any atom is -0.326 e. The molecule has 9 heteroatoms. The number of benzene rings is 2. The van der Waals surface area contributed by atoms with E-state index >= 15 is 0 Å². The maximum atomic E-state index is 12.0. The van der Waals surface area contributed by atoms with Crippen molar-refractivity contribution >= 4 is 58.4 Å². The summed E-state index contributed by atoms with van der Waals surface area (Å²) in [5.74, 6) is -1.21. The van der Waals surface area contributed by atoms with Crippen LogP contribution in [0.1, 0.15) is 29.5 Å². The third kappa shape index (κ3) is 8.57. The molecule has 2 aromatic carbocycles. The molecule has 0 aromatic heterocycles. The van der Waals surface area contributed by atoms with Crippen molar-refractivity contribution in [3.05, 3.63) is 70.3 Å². The molecule has 0 atom stereocenters. The summed E-state index contributed by atoms with van der Waals surface area (Å²) in [6.07, 6.45) is 2.77. The van der Waals surface area contributed by atoms with Gasteiger partial charge in [-0.1, -0.05) is 35.9 Å². The lowest BCUT2D eigenvalue weighted by Crippen LogP contribution is -2.48. The molecule has 0 bridgehead atoms. The van der Waals surface area contributed by atoms with Crippen molar-refractivity contribution < 1.29 is 14.4 Å². The quantitative estimate of drug-likeness (QED) is 0.302. The van der Waals surface area contributed by atoms with Crippen LogP contribution in [0.4, 0.5) is 5.69 Å². The number of thiocarbonyl (C=S) groups is 1. The lowest BCUT2D eigenvalue weighted by molar-refractivity contribution is -0.124. The molecule has 0 aliphatic carbocycles. The van der Waals surface area contributed by atoms with Crippen LogP contribution in [0.2, 0.25) is 5.02 Å². The Morgan fingerprint density at radius 2 is 1.68 bits per heavy atom. The SMILES string of the molecule is Cc1ccc(NC(=O)CCC(=O)NNC(=S)NC(=O)/C=C/c2ccccc2Cl)cc1C. The molecule has 0 radical (unpaired) electrons. The summed E-state index contributed by atoms with van der Waals surface area (Å²) in [6.45, 7) is 3.94. The van der Waals surface area contributed by atoms with E-state index in [1.165, 1.54) is 6.08 Å². The van der Waals surface area contributed by atoms with Gasteiger partial charge in [-0.3, -0.25) is 30.6 Å². The van der Waals surface area contributed by atoms with Crippen LogP contribution in [-0.4, -0.2) is 22.8 Å². The fraction of sp³-hybridized carbons (Fsp3) is 0.182. The molecule has 0 aliphatic rings. The molecule has 0 saturated heterocycles. The number of anilines is 1. The van der Waals surface area contributed by atoms with Gasteiger partial charge in [0.25, 0.3) is 0 Å². The van der Waals surface area contributed by atoms with Crippen LogP contribution in [0, 0.1) is 13.8 Å². The largest absolute Gasteiger partial charge is 0.326 e. The fourth-order valence-corrected chi connectivity index (χ4v) is 2.77. The lowest BCUT2D eigenvalue weighted by atomic mass is 10.1. The van der Waals surface area contributed by atoms with Gasteiger partial charge in [-0.2, -0.15) is 0 Å². The van der Waals surface area contributed by atoms with Crippen LogP contribution in [0.3, 0.4) is 0 Å². The van der Waals surface area contributed by atoms with Crippen LogP contribution >= 0.6 is 23.8 Å². The van der Waals surface area contributed by atoms with E-state index in [1.54, 1.807) is 30.3 Å². The van der Waals surface area contributed by atoms with E-state index in [0.29, 0.717) is 16.3 Å². The van der Waals surface area contributed by atoms with Gasteiger partial charge in [0.15, 0.2) is 5.11 Å². The zero-order chi connectivity index (χ0) is 22.8. The first-order valence-electron chi connectivity index (χ1n) is 9.44. The molecule has 162 valence electrons. The smallest absolute Gasteiger partial charge is 0.250 e. The third-order valence-electron chi connectivity index (χ3n) is 4.24. The van der Waals surface area contributed by atoms with Gasteiger partial charge in [0.05, 0.1) is 0 Å². The molecule has 2 rings (SSSR count). The third-order valence-corrected chi connectivity index (χ3v) is 4.79. The molecule has 0 heterocycles. The number of nitrogens with one attached hydrogen (secondary N) is 4.